The molecule has 7 heteroatoms. The van der Waals surface area contributed by atoms with Crippen LogP contribution in [0.3, 0.4) is 0 Å². The summed E-state index contributed by atoms with van der Waals surface area (Å²) in [6.07, 6.45) is 6.62. The lowest BCUT2D eigenvalue weighted by Crippen LogP contribution is -2.56. The molecule has 3 aromatic carbocycles. The van der Waals surface area contributed by atoms with Gasteiger partial charge in [-0.1, -0.05) is 125 Å². The summed E-state index contributed by atoms with van der Waals surface area (Å²) in [5.74, 6) is -2.32. The number of alkyl halides is 2. The second-order valence-corrected chi connectivity index (χ2v) is 13.4. The maximum absolute atomic E-state index is 14.2. The van der Waals surface area contributed by atoms with E-state index in [-0.39, 0.29) is 11.8 Å². The molecule has 3 aromatic rings. The predicted molar refractivity (Wildman–Crippen MR) is 162 cm³/mol. The van der Waals surface area contributed by atoms with Gasteiger partial charge in [0.15, 0.2) is 0 Å². The van der Waals surface area contributed by atoms with Crippen LogP contribution in [0.15, 0.2) is 72.8 Å². The van der Waals surface area contributed by atoms with Gasteiger partial charge < -0.3 is 4.74 Å². The Balaban J connectivity index is 1.30. The molecule has 0 aromatic heterocycles. The third-order valence-corrected chi connectivity index (χ3v) is 11.4. The first-order valence-electron chi connectivity index (χ1n) is 14.1. The second-order valence-electron chi connectivity index (χ2n) is 10.9. The number of carbonyl (C=O) groups is 3. The van der Waals surface area contributed by atoms with Crippen LogP contribution in [-0.2, 0) is 23.0 Å². The first kappa shape index (κ1) is 27.4. The molecule has 5 nitrogen and oxygen atoms in total. The summed E-state index contributed by atoms with van der Waals surface area (Å²) in [7, 11) is 0. The largest absolute Gasteiger partial charge is 0.462 e. The monoisotopic (exact) mass is 663 g/mol. The molecule has 7 rings (SSSR count). The van der Waals surface area contributed by atoms with Crippen LogP contribution in [0.2, 0.25) is 0 Å². The molecule has 3 aliphatic carbocycles. The number of hydrogen-bond donors (Lipinski definition) is 0. The fourth-order valence-electron chi connectivity index (χ4n) is 6.82. The fourth-order valence-corrected chi connectivity index (χ4v) is 9.13. The van der Waals surface area contributed by atoms with Gasteiger partial charge in [0, 0.05) is 0 Å². The van der Waals surface area contributed by atoms with Crippen molar-refractivity contribution < 1.29 is 19.1 Å². The fraction of sp³-hybridized carbons (Fsp3) is 0.364. The molecule has 0 unspecified atom stereocenters. The molecule has 1 saturated heterocycles. The zero-order chi connectivity index (χ0) is 28.1. The lowest BCUT2D eigenvalue weighted by molar-refractivity contribution is -0.122. The number of benzene rings is 3. The zero-order valence-corrected chi connectivity index (χ0v) is 25.5. The highest BCUT2D eigenvalue weighted by Crippen LogP contribution is 2.70. The minimum atomic E-state index is -0.852. The molecular weight excluding hydrogens is 634 g/mol. The van der Waals surface area contributed by atoms with E-state index in [1.807, 2.05) is 48.5 Å². The quantitative estimate of drug-likeness (QED) is 0.102. The van der Waals surface area contributed by atoms with Gasteiger partial charge in [0.05, 0.1) is 38.3 Å². The normalized spacial score (nSPS) is 25.9. The number of anilines is 1. The molecule has 0 saturated carbocycles. The standard InChI is InChI=1S/C33H31Br2NO4/c1-2-3-4-5-6-11-19-40-31(39)21-13-12-14-22(20-21)36-29(37)27-28(30(36)38)33(35)24-16-8-7-15-23(24)32(27,34)25-17-9-10-18-26(25)33/h7-10,12-18,20,27-28H,2-6,11,19H2,1H3/t27-,28-,32?,33?/m0/s1. The van der Waals surface area contributed by atoms with Crippen LogP contribution in [0.25, 0.3) is 0 Å². The highest BCUT2D eigenvalue weighted by Gasteiger charge is 2.72. The molecule has 2 amide bonds. The molecule has 1 heterocycles. The Hall–Kier alpha value is -2.77. The summed E-state index contributed by atoms with van der Waals surface area (Å²) in [5.41, 5.74) is 4.67. The molecule has 2 atom stereocenters. The number of hydrogen-bond acceptors (Lipinski definition) is 4. The second kappa shape index (κ2) is 10.6. The van der Waals surface area contributed by atoms with Crippen LogP contribution >= 0.6 is 31.9 Å². The van der Waals surface area contributed by atoms with E-state index in [1.165, 1.54) is 24.2 Å². The van der Waals surface area contributed by atoms with Crippen molar-refractivity contribution in [3.8, 4) is 0 Å². The minimum absolute atomic E-state index is 0.280. The van der Waals surface area contributed by atoms with Crippen molar-refractivity contribution in [2.75, 3.05) is 11.5 Å². The first-order valence-corrected chi connectivity index (χ1v) is 15.7. The van der Waals surface area contributed by atoms with Crippen LogP contribution in [0, 0.1) is 11.8 Å². The number of halogens is 2. The van der Waals surface area contributed by atoms with E-state index in [2.05, 4.69) is 38.8 Å². The van der Waals surface area contributed by atoms with E-state index >= 15 is 0 Å². The summed E-state index contributed by atoms with van der Waals surface area (Å²) in [6.45, 7) is 2.54. The molecule has 40 heavy (non-hydrogen) atoms. The van der Waals surface area contributed by atoms with E-state index in [1.54, 1.807) is 24.3 Å². The Morgan fingerprint density at radius 1 is 0.750 bits per heavy atom. The number of esters is 1. The topological polar surface area (TPSA) is 63.7 Å². The molecule has 4 aliphatic rings. The summed E-state index contributed by atoms with van der Waals surface area (Å²) in [4.78, 5) is 42.6. The number of carbonyl (C=O) groups excluding carboxylic acids is 3. The van der Waals surface area contributed by atoms with Crippen molar-refractivity contribution in [1.82, 2.24) is 0 Å². The number of ether oxygens (including phenoxy) is 1. The Morgan fingerprint density at radius 2 is 1.25 bits per heavy atom. The summed E-state index contributed by atoms with van der Waals surface area (Å²) in [6, 6.07) is 22.7. The Labute approximate surface area is 251 Å². The van der Waals surface area contributed by atoms with Crippen LogP contribution in [-0.4, -0.2) is 24.4 Å². The molecule has 0 spiro atoms. The number of imide groups is 1. The van der Waals surface area contributed by atoms with Gasteiger partial charge >= 0.3 is 5.97 Å². The summed E-state index contributed by atoms with van der Waals surface area (Å²) < 4.78 is 3.82. The number of amides is 2. The minimum Gasteiger partial charge on any atom is -0.462 e. The summed E-state index contributed by atoms with van der Waals surface area (Å²) in [5, 5.41) is 0. The maximum Gasteiger partial charge on any atom is 0.338 e. The Morgan fingerprint density at radius 3 is 1.77 bits per heavy atom. The first-order chi connectivity index (χ1) is 19.3. The third-order valence-electron chi connectivity index (χ3n) is 8.66. The van der Waals surface area contributed by atoms with E-state index in [0.717, 1.165) is 41.5 Å². The number of rotatable bonds is 9. The third kappa shape index (κ3) is 3.95. The lowest BCUT2D eigenvalue weighted by atomic mass is 9.54. The van der Waals surface area contributed by atoms with Gasteiger partial charge in [-0.25, -0.2) is 9.69 Å². The smallest absolute Gasteiger partial charge is 0.338 e. The highest BCUT2D eigenvalue weighted by atomic mass is 79.9. The van der Waals surface area contributed by atoms with Gasteiger partial charge in [0.2, 0.25) is 11.8 Å². The maximum atomic E-state index is 14.2. The molecule has 1 aliphatic heterocycles. The Kier molecular flexibility index (Phi) is 7.24. The molecule has 2 bridgehead atoms. The zero-order valence-electron chi connectivity index (χ0n) is 22.4. The van der Waals surface area contributed by atoms with Gasteiger partial charge in [0.1, 0.15) is 0 Å². The molecule has 206 valence electrons. The molecule has 1 fully saturated rings. The number of unbranched alkanes of at least 4 members (excludes halogenated alkanes) is 5. The van der Waals surface area contributed by atoms with Gasteiger partial charge in [0.25, 0.3) is 0 Å². The average molecular weight is 665 g/mol. The molecule has 0 radical (unpaired) electrons. The molecular formula is C33H31Br2NO4. The van der Waals surface area contributed by atoms with Crippen molar-refractivity contribution in [2.24, 2.45) is 11.8 Å². The van der Waals surface area contributed by atoms with E-state index in [9.17, 15) is 14.4 Å². The van der Waals surface area contributed by atoms with Gasteiger partial charge in [-0.05, 0) is 46.9 Å². The van der Waals surface area contributed by atoms with Crippen LogP contribution in [0.1, 0.15) is 78.1 Å². The SMILES string of the molecule is CCCCCCCCOC(=O)c1cccc(N2C(=O)[C@@H]3[C@@H](C2=O)C2(Br)c4ccccc4C3(Br)c3ccccc32)c1. The van der Waals surface area contributed by atoms with Crippen LogP contribution < -0.4 is 4.90 Å². The van der Waals surface area contributed by atoms with Gasteiger partial charge in [-0.3, -0.25) is 9.59 Å². The molecule has 0 N–H and O–H groups in total. The van der Waals surface area contributed by atoms with Crippen molar-refractivity contribution in [3.05, 3.63) is 101 Å². The average Bonchev–Trinajstić information content (AvgIpc) is 3.26. The van der Waals surface area contributed by atoms with Crippen molar-refractivity contribution >= 4 is 55.3 Å². The predicted octanol–water partition coefficient (Wildman–Crippen LogP) is 7.61. The Bertz CT molecular complexity index is 1380. The van der Waals surface area contributed by atoms with Crippen molar-refractivity contribution in [1.29, 1.82) is 0 Å². The van der Waals surface area contributed by atoms with Crippen LogP contribution in [0.4, 0.5) is 5.69 Å². The van der Waals surface area contributed by atoms with Gasteiger partial charge in [-0.15, -0.1) is 0 Å². The van der Waals surface area contributed by atoms with Crippen molar-refractivity contribution in [2.45, 2.75) is 54.1 Å². The van der Waals surface area contributed by atoms with Gasteiger partial charge in [-0.2, -0.15) is 0 Å². The van der Waals surface area contributed by atoms with E-state index in [4.69, 9.17) is 4.74 Å². The summed E-state index contributed by atoms with van der Waals surface area (Å²) >= 11 is 8.05. The van der Waals surface area contributed by atoms with E-state index < -0.39 is 26.5 Å². The van der Waals surface area contributed by atoms with Crippen molar-refractivity contribution in [3.63, 3.8) is 0 Å². The van der Waals surface area contributed by atoms with Crippen LogP contribution in [0.5, 0.6) is 0 Å². The van der Waals surface area contributed by atoms with E-state index in [0.29, 0.717) is 17.9 Å². The number of nitrogens with zero attached hydrogens (tertiary/aromatic N) is 1. The lowest BCUT2D eigenvalue weighted by Gasteiger charge is -2.55. The highest BCUT2D eigenvalue weighted by molar-refractivity contribution is 9.10.